The number of fused-ring (bicyclic) bond motifs is 2. The van der Waals surface area contributed by atoms with Gasteiger partial charge in [-0.25, -0.2) is 4.98 Å². The van der Waals surface area contributed by atoms with E-state index in [9.17, 15) is 22.0 Å². The van der Waals surface area contributed by atoms with Crippen LogP contribution in [-0.4, -0.2) is 29.7 Å². The molecule has 3 nitrogen and oxygen atoms in total. The van der Waals surface area contributed by atoms with Crippen LogP contribution in [0.15, 0.2) is 42.5 Å². The molecule has 3 rings (SSSR count). The molecule has 3 aromatic rings. The molecular weight excluding hydrogens is 391 g/mol. The molecular formula is C21H21F5N2O. The average molecular weight is 412 g/mol. The van der Waals surface area contributed by atoms with Gasteiger partial charge >= 0.3 is 12.1 Å². The molecule has 0 saturated heterocycles. The average Bonchev–Trinajstić information content (AvgIpc) is 2.62. The van der Waals surface area contributed by atoms with E-state index in [-0.39, 0.29) is 11.8 Å². The van der Waals surface area contributed by atoms with Crippen molar-refractivity contribution in [2.45, 2.75) is 45.0 Å². The number of aromatic nitrogens is 1. The summed E-state index contributed by atoms with van der Waals surface area (Å²) in [6.07, 6.45) is -5.66. The second-order valence-corrected chi connectivity index (χ2v) is 7.33. The summed E-state index contributed by atoms with van der Waals surface area (Å²) < 4.78 is 67.8. The van der Waals surface area contributed by atoms with Crippen LogP contribution < -0.4 is 10.1 Å². The van der Waals surface area contributed by atoms with Crippen LogP contribution in [-0.2, 0) is 0 Å². The molecule has 2 aromatic carbocycles. The number of rotatable bonds is 6. The summed E-state index contributed by atoms with van der Waals surface area (Å²) in [5, 5.41) is 5.03. The second kappa shape index (κ2) is 7.74. The number of hydrogen-bond acceptors (Lipinski definition) is 3. The van der Waals surface area contributed by atoms with Crippen LogP contribution >= 0.6 is 0 Å². The number of benzene rings is 2. The summed E-state index contributed by atoms with van der Waals surface area (Å²) in [5.41, 5.74) is 2.19. The zero-order valence-corrected chi connectivity index (χ0v) is 16.1. The minimum Gasteiger partial charge on any atom is -0.487 e. The Hall–Kier alpha value is -2.48. The quantitative estimate of drug-likeness (QED) is 0.397. The van der Waals surface area contributed by atoms with E-state index in [1.54, 1.807) is 6.07 Å². The maximum absolute atomic E-state index is 13.1. The van der Waals surface area contributed by atoms with E-state index >= 15 is 0 Å². The van der Waals surface area contributed by atoms with Crippen molar-refractivity contribution in [1.29, 1.82) is 0 Å². The van der Waals surface area contributed by atoms with Crippen LogP contribution in [0.3, 0.4) is 0 Å². The van der Waals surface area contributed by atoms with Crippen molar-refractivity contribution >= 4 is 21.8 Å². The van der Waals surface area contributed by atoms with Gasteiger partial charge in [0.25, 0.3) is 0 Å². The van der Waals surface area contributed by atoms with E-state index in [1.807, 2.05) is 45.0 Å². The minimum atomic E-state index is -5.66. The highest BCUT2D eigenvalue weighted by molar-refractivity contribution is 5.93. The van der Waals surface area contributed by atoms with E-state index in [0.717, 1.165) is 16.3 Å². The lowest BCUT2D eigenvalue weighted by Gasteiger charge is -2.20. The SMILES string of the molecule is CC(C)NC(C)c1ccc2cc3ccc(OCC(F)(F)C(F)(F)F)cc3nc2c1. The van der Waals surface area contributed by atoms with Crippen molar-refractivity contribution in [2.75, 3.05) is 6.61 Å². The summed E-state index contributed by atoms with van der Waals surface area (Å²) in [7, 11) is 0. The first-order valence-electron chi connectivity index (χ1n) is 9.14. The lowest BCUT2D eigenvalue weighted by atomic mass is 10.0. The molecule has 29 heavy (non-hydrogen) atoms. The fourth-order valence-corrected chi connectivity index (χ4v) is 3.03. The summed E-state index contributed by atoms with van der Waals surface area (Å²) in [5.74, 6) is -5.02. The molecule has 8 heteroatoms. The van der Waals surface area contributed by atoms with Gasteiger partial charge in [-0.2, -0.15) is 22.0 Å². The predicted molar refractivity (Wildman–Crippen MR) is 102 cm³/mol. The molecule has 1 unspecified atom stereocenters. The van der Waals surface area contributed by atoms with E-state index in [0.29, 0.717) is 17.1 Å². The molecule has 156 valence electrons. The number of alkyl halides is 5. The van der Waals surface area contributed by atoms with E-state index in [4.69, 9.17) is 4.74 Å². The molecule has 1 aromatic heterocycles. The van der Waals surface area contributed by atoms with Gasteiger partial charge in [0.05, 0.1) is 11.0 Å². The van der Waals surface area contributed by atoms with Crippen molar-refractivity contribution in [3.63, 3.8) is 0 Å². The van der Waals surface area contributed by atoms with E-state index in [1.165, 1.54) is 12.1 Å². The highest BCUT2D eigenvalue weighted by Crippen LogP contribution is 2.36. The number of nitrogens with zero attached hydrogens (tertiary/aromatic N) is 1. The molecule has 0 fully saturated rings. The van der Waals surface area contributed by atoms with Gasteiger partial charge in [0.15, 0.2) is 6.61 Å². The second-order valence-electron chi connectivity index (χ2n) is 7.33. The third kappa shape index (κ3) is 4.75. The van der Waals surface area contributed by atoms with Crippen LogP contribution in [0, 0.1) is 0 Å². The molecule has 1 heterocycles. The Morgan fingerprint density at radius 3 is 2.14 bits per heavy atom. The van der Waals surface area contributed by atoms with Crippen molar-refractivity contribution in [3.05, 3.63) is 48.0 Å². The van der Waals surface area contributed by atoms with Gasteiger partial charge in [-0.05, 0) is 36.8 Å². The molecule has 0 radical (unpaired) electrons. The number of nitrogens with one attached hydrogen (secondary N) is 1. The number of pyridine rings is 1. The fourth-order valence-electron chi connectivity index (χ4n) is 3.03. The first-order chi connectivity index (χ1) is 13.5. The van der Waals surface area contributed by atoms with Crippen LogP contribution in [0.25, 0.3) is 21.8 Å². The summed E-state index contributed by atoms with van der Waals surface area (Å²) in [6, 6.07) is 12.5. The number of halogens is 5. The monoisotopic (exact) mass is 412 g/mol. The van der Waals surface area contributed by atoms with Crippen molar-refractivity contribution in [1.82, 2.24) is 10.3 Å². The topological polar surface area (TPSA) is 34.1 Å². The first-order valence-corrected chi connectivity index (χ1v) is 9.14. The fraction of sp³-hybridized carbons (Fsp3) is 0.381. The molecule has 0 aliphatic heterocycles. The van der Waals surface area contributed by atoms with Crippen LogP contribution in [0.4, 0.5) is 22.0 Å². The van der Waals surface area contributed by atoms with Crippen LogP contribution in [0.5, 0.6) is 5.75 Å². The Bertz CT molecular complexity index is 1020. The molecule has 0 spiro atoms. The summed E-state index contributed by atoms with van der Waals surface area (Å²) in [6.45, 7) is 4.35. The highest BCUT2D eigenvalue weighted by atomic mass is 19.4. The highest BCUT2D eigenvalue weighted by Gasteiger charge is 2.58. The molecule has 1 atom stereocenters. The van der Waals surface area contributed by atoms with Crippen LogP contribution in [0.2, 0.25) is 0 Å². The molecule has 0 amide bonds. The van der Waals surface area contributed by atoms with Gasteiger partial charge in [0, 0.05) is 28.9 Å². The minimum absolute atomic E-state index is 0.0979. The lowest BCUT2D eigenvalue weighted by Crippen LogP contribution is -2.41. The van der Waals surface area contributed by atoms with Crippen LogP contribution in [0.1, 0.15) is 32.4 Å². The van der Waals surface area contributed by atoms with Gasteiger partial charge in [-0.15, -0.1) is 0 Å². The number of hydrogen-bond donors (Lipinski definition) is 1. The van der Waals surface area contributed by atoms with Gasteiger partial charge in [-0.3, -0.25) is 0 Å². The van der Waals surface area contributed by atoms with Gasteiger partial charge < -0.3 is 10.1 Å². The van der Waals surface area contributed by atoms with E-state index in [2.05, 4.69) is 10.3 Å². The van der Waals surface area contributed by atoms with E-state index < -0.39 is 18.7 Å². The molecule has 0 bridgehead atoms. The maximum Gasteiger partial charge on any atom is 0.456 e. The molecule has 0 saturated carbocycles. The largest absolute Gasteiger partial charge is 0.487 e. The Kier molecular flexibility index (Phi) is 5.67. The van der Waals surface area contributed by atoms with Gasteiger partial charge in [0.1, 0.15) is 5.75 Å². The predicted octanol–water partition coefficient (Wildman–Crippen LogP) is 6.02. The Morgan fingerprint density at radius 2 is 1.52 bits per heavy atom. The zero-order chi connectivity index (χ0) is 21.4. The van der Waals surface area contributed by atoms with Gasteiger partial charge in [0.2, 0.25) is 0 Å². The third-order valence-corrected chi connectivity index (χ3v) is 4.53. The summed E-state index contributed by atoms with van der Waals surface area (Å²) in [4.78, 5) is 4.54. The van der Waals surface area contributed by atoms with Crippen molar-refractivity contribution in [3.8, 4) is 5.75 Å². The Morgan fingerprint density at radius 1 is 0.897 bits per heavy atom. The summed E-state index contributed by atoms with van der Waals surface area (Å²) >= 11 is 0. The zero-order valence-electron chi connectivity index (χ0n) is 16.1. The molecule has 0 aliphatic carbocycles. The van der Waals surface area contributed by atoms with Crippen molar-refractivity contribution in [2.24, 2.45) is 0 Å². The first kappa shape index (κ1) is 21.2. The molecule has 0 aliphatic rings. The number of ether oxygens (including phenoxy) is 1. The maximum atomic E-state index is 13.1. The van der Waals surface area contributed by atoms with Gasteiger partial charge in [-0.1, -0.05) is 26.0 Å². The Labute approximate surface area is 164 Å². The normalized spacial score (nSPS) is 14.0. The standard InChI is InChI=1S/C21H21F5N2O/c1-12(2)27-13(3)14-4-5-15-8-16-6-7-17(10-19(16)28-18(15)9-14)29-11-20(22,23)21(24,25)26/h4-10,12-13,27H,11H2,1-3H3. The lowest BCUT2D eigenvalue weighted by molar-refractivity contribution is -0.290. The van der Waals surface area contributed by atoms with Crippen molar-refractivity contribution < 1.29 is 26.7 Å². The smallest absolute Gasteiger partial charge is 0.456 e. The Balaban J connectivity index is 1.90. The third-order valence-electron chi connectivity index (χ3n) is 4.53. The molecule has 1 N–H and O–H groups in total.